The van der Waals surface area contributed by atoms with E-state index in [2.05, 4.69) is 71.0 Å². The Labute approximate surface area is 702 Å². The highest BCUT2D eigenvalue weighted by Gasteiger charge is 2.15. The van der Waals surface area contributed by atoms with Gasteiger partial charge in [0, 0.05) is 134 Å². The van der Waals surface area contributed by atoms with E-state index in [0.29, 0.717) is 66.8 Å². The molecule has 0 aliphatic carbocycles. The standard InChI is InChI=1S/3C38H26O2/c1-27-3-19-33(20-4-27)37(39)35-23-15-31(16-24-35)13-11-29-7-9-30(10-8-29)12-14-32-17-25-36(26-18-32)38(40)34-21-5-28(2)6-22-34;1-27-6-18-33(19-7-27)37(39)35-22-14-29(15-23-35)10-12-31-4-3-5-32(26-31)13-11-30-16-24-36(25-17-30)38(40)34-20-8-28(2)9-21-34;1-27-7-17-33(18-8-27)37(39)35-23-13-29(14-24-35)11-21-31-5-3-4-6-32(31)22-12-30-15-25-36(26-16-30)38(40)34-19-9-28(2)10-20-34/h3-10,15-26H,1-2H3;3-9,14-26H,1-2H3;3-10,13-20,23-26H,1-2H3. The van der Waals surface area contributed by atoms with Gasteiger partial charge in [0.15, 0.2) is 34.7 Å². The Morgan fingerprint density at radius 2 is 0.275 bits per heavy atom. The van der Waals surface area contributed by atoms with E-state index in [4.69, 9.17) is 0 Å². The number of carbonyl (C=O) groups excluding carboxylic acids is 6. The second-order valence-corrected chi connectivity index (χ2v) is 28.8. The van der Waals surface area contributed by atoms with E-state index in [0.717, 1.165) is 100 Å². The lowest BCUT2D eigenvalue weighted by Crippen LogP contribution is -2.01. The first-order valence-corrected chi connectivity index (χ1v) is 39.1. The number of hydrogen-bond donors (Lipinski definition) is 0. The molecule has 0 bridgehead atoms. The van der Waals surface area contributed by atoms with Crippen LogP contribution in [0.4, 0.5) is 0 Å². The fourth-order valence-corrected chi connectivity index (χ4v) is 12.3. The van der Waals surface area contributed by atoms with Crippen LogP contribution in [0.3, 0.4) is 0 Å². The highest BCUT2D eigenvalue weighted by molar-refractivity contribution is 6.12. The molecule has 0 aliphatic heterocycles. The van der Waals surface area contributed by atoms with Gasteiger partial charge >= 0.3 is 0 Å². The minimum Gasteiger partial charge on any atom is -0.289 e. The van der Waals surface area contributed by atoms with Crippen molar-refractivity contribution in [1.29, 1.82) is 0 Å². The molecule has 0 fully saturated rings. The molecule has 0 atom stereocenters. The Morgan fingerprint density at radius 3 is 0.442 bits per heavy atom. The molecule has 15 aromatic rings. The lowest BCUT2D eigenvalue weighted by molar-refractivity contribution is 0.103. The van der Waals surface area contributed by atoms with Crippen molar-refractivity contribution < 1.29 is 28.8 Å². The van der Waals surface area contributed by atoms with Crippen LogP contribution in [0.15, 0.2) is 364 Å². The van der Waals surface area contributed by atoms with Crippen LogP contribution in [0.5, 0.6) is 0 Å². The number of aryl methyl sites for hydroxylation is 6. The minimum absolute atomic E-state index is 0.00158. The summed E-state index contributed by atoms with van der Waals surface area (Å²) in [5.41, 5.74) is 24.7. The summed E-state index contributed by atoms with van der Waals surface area (Å²) in [5.74, 6) is 38.1. The first-order valence-electron chi connectivity index (χ1n) is 39.1. The molecule has 0 amide bonds. The van der Waals surface area contributed by atoms with E-state index in [1.54, 1.807) is 0 Å². The fraction of sp³-hybridized carbons (Fsp3) is 0.0526. The van der Waals surface area contributed by atoms with Crippen molar-refractivity contribution in [3.63, 3.8) is 0 Å². The van der Waals surface area contributed by atoms with Crippen molar-refractivity contribution in [2.24, 2.45) is 0 Å². The van der Waals surface area contributed by atoms with Crippen molar-refractivity contribution >= 4 is 34.7 Å². The summed E-state index contributed by atoms with van der Waals surface area (Å²) in [6.45, 7) is 12.0. The molecule has 6 nitrogen and oxygen atoms in total. The van der Waals surface area contributed by atoms with Gasteiger partial charge in [0.05, 0.1) is 0 Å². The summed E-state index contributed by atoms with van der Waals surface area (Å²) in [4.78, 5) is 76.2. The van der Waals surface area contributed by atoms with Gasteiger partial charge in [0.25, 0.3) is 0 Å². The summed E-state index contributed by atoms with van der Waals surface area (Å²) in [7, 11) is 0. The molecule has 120 heavy (non-hydrogen) atoms. The van der Waals surface area contributed by atoms with Gasteiger partial charge in [-0.3, -0.25) is 28.8 Å². The monoisotopic (exact) mass is 1540 g/mol. The van der Waals surface area contributed by atoms with Crippen LogP contribution in [0.1, 0.15) is 196 Å². The zero-order chi connectivity index (χ0) is 83.7. The van der Waals surface area contributed by atoms with Crippen molar-refractivity contribution in [2.45, 2.75) is 41.5 Å². The minimum atomic E-state index is -0.00678. The van der Waals surface area contributed by atoms with Gasteiger partial charge < -0.3 is 0 Å². The second kappa shape index (κ2) is 39.6. The highest BCUT2D eigenvalue weighted by atomic mass is 16.1. The second-order valence-electron chi connectivity index (χ2n) is 28.8. The average molecular weight is 1540 g/mol. The summed E-state index contributed by atoms with van der Waals surface area (Å²) in [6.07, 6.45) is 0. The van der Waals surface area contributed by atoms with E-state index in [-0.39, 0.29) is 34.7 Å². The first-order chi connectivity index (χ1) is 58.3. The Hall–Kier alpha value is -16.3. The summed E-state index contributed by atoms with van der Waals surface area (Å²) in [6, 6.07) is 113. The molecule has 0 unspecified atom stereocenters. The summed E-state index contributed by atoms with van der Waals surface area (Å²) < 4.78 is 0. The number of hydrogen-bond acceptors (Lipinski definition) is 6. The molecule has 0 radical (unpaired) electrons. The topological polar surface area (TPSA) is 102 Å². The third-order valence-electron chi connectivity index (χ3n) is 19.5. The first kappa shape index (κ1) is 81.7. The molecule has 15 aromatic carbocycles. The summed E-state index contributed by atoms with van der Waals surface area (Å²) >= 11 is 0. The third-order valence-corrected chi connectivity index (χ3v) is 19.5. The molecule has 570 valence electrons. The lowest BCUT2D eigenvalue weighted by Gasteiger charge is -2.02. The maximum absolute atomic E-state index is 12.7. The SMILES string of the molecule is Cc1ccc(C(=O)c2ccc(C#Cc3ccc(C#Cc4ccc(C(=O)c5ccc(C)cc5)cc4)cc3)cc2)cc1.Cc1ccc(C(=O)c2ccc(C#Cc3cccc(C#Cc4ccc(C(=O)c5ccc(C)cc5)cc4)c3)cc2)cc1.Cc1ccc(C(=O)c2ccc(C#Cc3ccccc3C#Cc3ccc(C(=O)c4ccc(C)cc4)cc3)cc2)cc1. The number of carbonyl (C=O) groups is 6. The van der Waals surface area contributed by atoms with Crippen molar-refractivity contribution in [1.82, 2.24) is 0 Å². The van der Waals surface area contributed by atoms with E-state index in [9.17, 15) is 28.8 Å². The van der Waals surface area contributed by atoms with E-state index in [1.807, 2.05) is 406 Å². The van der Waals surface area contributed by atoms with Gasteiger partial charge in [-0.05, 0) is 242 Å². The van der Waals surface area contributed by atoms with Crippen LogP contribution in [-0.2, 0) is 0 Å². The Bertz CT molecular complexity index is 6290. The van der Waals surface area contributed by atoms with Gasteiger partial charge in [0.1, 0.15) is 0 Å². The smallest absolute Gasteiger partial charge is 0.193 e. The van der Waals surface area contributed by atoms with Crippen LogP contribution in [-0.4, -0.2) is 34.7 Å². The maximum atomic E-state index is 12.7. The van der Waals surface area contributed by atoms with Gasteiger partial charge in [0.2, 0.25) is 0 Å². The van der Waals surface area contributed by atoms with Crippen molar-refractivity contribution in [3.05, 3.63) is 531 Å². The molecular formula is C114H78O6. The quantitative estimate of drug-likeness (QED) is 0.0892. The van der Waals surface area contributed by atoms with E-state index in [1.165, 1.54) is 0 Å². The molecule has 0 aromatic heterocycles. The molecule has 0 heterocycles. The number of benzene rings is 15. The molecule has 6 heteroatoms. The van der Waals surface area contributed by atoms with Crippen LogP contribution in [0.2, 0.25) is 0 Å². The Kier molecular flexibility index (Phi) is 27.0. The Morgan fingerprint density at radius 1 is 0.142 bits per heavy atom. The number of rotatable bonds is 12. The van der Waals surface area contributed by atoms with Gasteiger partial charge in [-0.25, -0.2) is 0 Å². The summed E-state index contributed by atoms with van der Waals surface area (Å²) in [5, 5.41) is 0. The molecule has 15 rings (SSSR count). The van der Waals surface area contributed by atoms with E-state index >= 15 is 0 Å². The maximum Gasteiger partial charge on any atom is 0.193 e. The zero-order valence-electron chi connectivity index (χ0n) is 67.1. The molecular weight excluding hydrogens is 1470 g/mol. The molecule has 0 saturated heterocycles. The van der Waals surface area contributed by atoms with Crippen LogP contribution in [0.25, 0.3) is 0 Å². The predicted molar refractivity (Wildman–Crippen MR) is 482 cm³/mol. The van der Waals surface area contributed by atoms with E-state index < -0.39 is 0 Å². The average Bonchev–Trinajstić information content (AvgIpc) is 0.857. The fourth-order valence-electron chi connectivity index (χ4n) is 12.3. The zero-order valence-corrected chi connectivity index (χ0v) is 67.1. The highest BCUT2D eigenvalue weighted by Crippen LogP contribution is 2.21. The molecule has 0 N–H and O–H groups in total. The lowest BCUT2D eigenvalue weighted by atomic mass is 10.0. The molecule has 0 spiro atoms. The third kappa shape index (κ3) is 22.8. The van der Waals surface area contributed by atoms with Crippen LogP contribution >= 0.6 is 0 Å². The van der Waals surface area contributed by atoms with Crippen LogP contribution < -0.4 is 0 Å². The largest absolute Gasteiger partial charge is 0.289 e. The molecule has 0 aliphatic rings. The molecule has 0 saturated carbocycles. The predicted octanol–water partition coefficient (Wildman–Crippen LogP) is 22.7. The van der Waals surface area contributed by atoms with Crippen molar-refractivity contribution in [2.75, 3.05) is 0 Å². The van der Waals surface area contributed by atoms with Gasteiger partial charge in [-0.1, -0.05) is 268 Å². The Balaban J connectivity index is 0.000000156. The van der Waals surface area contributed by atoms with Crippen LogP contribution in [0, 0.1) is 113 Å². The van der Waals surface area contributed by atoms with Crippen molar-refractivity contribution in [3.8, 4) is 71.0 Å². The van der Waals surface area contributed by atoms with Gasteiger partial charge in [-0.2, -0.15) is 0 Å². The van der Waals surface area contributed by atoms with Gasteiger partial charge in [-0.15, -0.1) is 0 Å². The normalized spacial score (nSPS) is 10.1. The number of ketones is 6.